The SMILES string of the molecule is N#Cc1c(-c2ccc(Cl)cc2)[nH]c(C(F)(F)F)c1Br.c1ccc(-c2ccc[nH]2)cc1. The molecule has 3 nitrogen and oxygen atoms in total. The average molecular weight is 493 g/mol. The van der Waals surface area contributed by atoms with Crippen molar-refractivity contribution in [2.24, 2.45) is 0 Å². The molecule has 0 spiro atoms. The van der Waals surface area contributed by atoms with E-state index in [1.165, 1.54) is 11.3 Å². The van der Waals surface area contributed by atoms with Gasteiger partial charge in [-0.15, -0.1) is 0 Å². The number of alkyl halides is 3. The Kier molecular flexibility index (Phi) is 6.70. The molecule has 2 N–H and O–H groups in total. The molecule has 0 saturated heterocycles. The van der Waals surface area contributed by atoms with Gasteiger partial charge in [0.05, 0.1) is 15.7 Å². The molecule has 2 aromatic carbocycles. The van der Waals surface area contributed by atoms with Gasteiger partial charge in [0.25, 0.3) is 0 Å². The number of hydrogen-bond donors (Lipinski definition) is 2. The van der Waals surface area contributed by atoms with Gasteiger partial charge in [0, 0.05) is 16.9 Å². The summed E-state index contributed by atoms with van der Waals surface area (Å²) in [6.45, 7) is 0. The van der Waals surface area contributed by atoms with E-state index in [4.69, 9.17) is 16.9 Å². The summed E-state index contributed by atoms with van der Waals surface area (Å²) < 4.78 is 38.0. The van der Waals surface area contributed by atoms with Gasteiger partial charge < -0.3 is 9.97 Å². The summed E-state index contributed by atoms with van der Waals surface area (Å²) in [7, 11) is 0. The number of rotatable bonds is 2. The number of H-pyrrole nitrogens is 2. The second-order valence-corrected chi connectivity index (χ2v) is 7.36. The molecule has 0 atom stereocenters. The molecule has 0 saturated carbocycles. The molecule has 8 heteroatoms. The van der Waals surface area contributed by atoms with Crippen LogP contribution in [0.1, 0.15) is 11.3 Å². The molecule has 4 rings (SSSR count). The van der Waals surface area contributed by atoms with Crippen LogP contribution >= 0.6 is 27.5 Å². The van der Waals surface area contributed by atoms with Crippen molar-refractivity contribution >= 4 is 27.5 Å². The van der Waals surface area contributed by atoms with Gasteiger partial charge in [0.2, 0.25) is 0 Å². The Balaban J connectivity index is 0.000000196. The van der Waals surface area contributed by atoms with E-state index in [1.807, 2.05) is 30.5 Å². The van der Waals surface area contributed by atoms with Gasteiger partial charge in [-0.05, 0) is 51.3 Å². The van der Waals surface area contributed by atoms with E-state index in [-0.39, 0.29) is 15.7 Å². The number of hydrogen-bond acceptors (Lipinski definition) is 1. The molecule has 0 aliphatic heterocycles. The van der Waals surface area contributed by atoms with Crippen molar-refractivity contribution < 1.29 is 13.2 Å². The van der Waals surface area contributed by atoms with Crippen molar-refractivity contribution in [3.8, 4) is 28.6 Å². The summed E-state index contributed by atoms with van der Waals surface area (Å²) in [5.41, 5.74) is 1.90. The standard InChI is InChI=1S/C12H5BrClF3N2.C10H9N/c13-9-8(5-18)10(19-11(9)12(15,16)17)6-1-3-7(14)4-2-6;1-2-5-9(6-3-1)10-7-4-8-11-10/h1-4,19H;1-8,11H. The van der Waals surface area contributed by atoms with E-state index in [1.54, 1.807) is 30.3 Å². The first-order valence-corrected chi connectivity index (χ1v) is 9.82. The van der Waals surface area contributed by atoms with Crippen LogP contribution in [0.4, 0.5) is 13.2 Å². The van der Waals surface area contributed by atoms with Gasteiger partial charge in [-0.1, -0.05) is 54.1 Å². The molecule has 2 aromatic heterocycles. The number of aromatic amines is 2. The zero-order valence-electron chi connectivity index (χ0n) is 15.3. The van der Waals surface area contributed by atoms with Gasteiger partial charge in [-0.25, -0.2) is 0 Å². The molecule has 30 heavy (non-hydrogen) atoms. The molecule has 0 unspecified atom stereocenters. The van der Waals surface area contributed by atoms with Gasteiger partial charge in [-0.2, -0.15) is 18.4 Å². The van der Waals surface area contributed by atoms with Gasteiger partial charge in [-0.3, -0.25) is 0 Å². The van der Waals surface area contributed by atoms with Crippen LogP contribution < -0.4 is 0 Å². The molecular weight excluding hydrogens is 479 g/mol. The van der Waals surface area contributed by atoms with Crippen molar-refractivity contribution in [3.63, 3.8) is 0 Å². The molecule has 0 aliphatic rings. The maximum absolute atomic E-state index is 12.8. The summed E-state index contributed by atoms with van der Waals surface area (Å²) >= 11 is 8.53. The molecule has 4 aromatic rings. The predicted molar refractivity (Wildman–Crippen MR) is 115 cm³/mol. The number of benzene rings is 2. The quantitative estimate of drug-likeness (QED) is 0.296. The van der Waals surface area contributed by atoms with E-state index < -0.39 is 11.9 Å². The highest BCUT2D eigenvalue weighted by Gasteiger charge is 2.37. The summed E-state index contributed by atoms with van der Waals surface area (Å²) in [6, 6.07) is 22.3. The third-order valence-corrected chi connectivity index (χ3v) is 5.19. The summed E-state index contributed by atoms with van der Waals surface area (Å²) in [5.74, 6) is 0. The lowest BCUT2D eigenvalue weighted by Gasteiger charge is -2.03. The Morgan fingerprint density at radius 1 is 0.900 bits per heavy atom. The Morgan fingerprint density at radius 3 is 2.10 bits per heavy atom. The third kappa shape index (κ3) is 4.96. The van der Waals surface area contributed by atoms with E-state index in [0.717, 1.165) is 0 Å². The zero-order valence-corrected chi connectivity index (χ0v) is 17.6. The number of aromatic nitrogens is 2. The lowest BCUT2D eigenvalue weighted by atomic mass is 10.1. The lowest BCUT2D eigenvalue weighted by molar-refractivity contribution is -0.141. The lowest BCUT2D eigenvalue weighted by Crippen LogP contribution is -2.06. The van der Waals surface area contributed by atoms with Crippen LogP contribution in [0.25, 0.3) is 22.5 Å². The number of nitriles is 1. The van der Waals surface area contributed by atoms with Crippen LogP contribution in [0.5, 0.6) is 0 Å². The third-order valence-electron chi connectivity index (χ3n) is 4.15. The zero-order chi connectivity index (χ0) is 21.7. The maximum atomic E-state index is 12.8. The molecule has 0 aliphatic carbocycles. The Morgan fingerprint density at radius 2 is 1.57 bits per heavy atom. The molecule has 0 radical (unpaired) electrons. The molecule has 0 amide bonds. The van der Waals surface area contributed by atoms with Crippen LogP contribution in [0.15, 0.2) is 77.4 Å². The van der Waals surface area contributed by atoms with E-state index in [9.17, 15) is 13.2 Å². The van der Waals surface area contributed by atoms with E-state index in [0.29, 0.717) is 10.6 Å². The Hall–Kier alpha value is -2.95. The van der Waals surface area contributed by atoms with Gasteiger partial charge in [0.15, 0.2) is 0 Å². The van der Waals surface area contributed by atoms with Crippen molar-refractivity contribution in [3.05, 3.63) is 93.7 Å². The molecule has 0 bridgehead atoms. The van der Waals surface area contributed by atoms with E-state index >= 15 is 0 Å². The average Bonchev–Trinajstić information content (AvgIpc) is 3.37. The number of nitrogens with one attached hydrogen (secondary N) is 2. The maximum Gasteiger partial charge on any atom is 0.432 e. The highest BCUT2D eigenvalue weighted by Crippen LogP contribution is 2.40. The largest absolute Gasteiger partial charge is 0.432 e. The fraction of sp³-hybridized carbons (Fsp3) is 0.0455. The highest BCUT2D eigenvalue weighted by molar-refractivity contribution is 9.10. The molecular formula is C22H14BrClF3N3. The normalized spacial score (nSPS) is 10.8. The predicted octanol–water partition coefficient (Wildman–Crippen LogP) is 7.67. The van der Waals surface area contributed by atoms with Gasteiger partial charge in [0.1, 0.15) is 11.8 Å². The topological polar surface area (TPSA) is 55.4 Å². The Labute approximate surface area is 184 Å². The summed E-state index contributed by atoms with van der Waals surface area (Å²) in [5, 5.41) is 9.46. The van der Waals surface area contributed by atoms with Crippen LogP contribution in [0.2, 0.25) is 5.02 Å². The fourth-order valence-corrected chi connectivity index (χ4v) is 3.47. The molecule has 152 valence electrons. The number of halogens is 5. The minimum Gasteiger partial charge on any atom is -0.361 e. The van der Waals surface area contributed by atoms with Crippen molar-refractivity contribution in [2.75, 3.05) is 0 Å². The van der Waals surface area contributed by atoms with Gasteiger partial charge >= 0.3 is 6.18 Å². The van der Waals surface area contributed by atoms with Crippen LogP contribution in [-0.4, -0.2) is 9.97 Å². The smallest absolute Gasteiger partial charge is 0.361 e. The minimum absolute atomic E-state index is 0.0883. The van der Waals surface area contributed by atoms with Crippen molar-refractivity contribution in [1.82, 2.24) is 9.97 Å². The van der Waals surface area contributed by atoms with Crippen LogP contribution in [-0.2, 0) is 6.18 Å². The van der Waals surface area contributed by atoms with Crippen molar-refractivity contribution in [1.29, 1.82) is 5.26 Å². The fourth-order valence-electron chi connectivity index (χ4n) is 2.74. The second-order valence-electron chi connectivity index (χ2n) is 6.13. The second kappa shape index (κ2) is 9.24. The summed E-state index contributed by atoms with van der Waals surface area (Å²) in [6.07, 6.45) is -2.63. The first kappa shape index (κ1) is 21.8. The first-order chi connectivity index (χ1) is 14.3. The monoisotopic (exact) mass is 491 g/mol. The first-order valence-electron chi connectivity index (χ1n) is 8.64. The highest BCUT2D eigenvalue weighted by atomic mass is 79.9. The Bertz CT molecular complexity index is 1140. The minimum atomic E-state index is -4.56. The van der Waals surface area contributed by atoms with Crippen molar-refractivity contribution in [2.45, 2.75) is 6.18 Å². The number of nitrogens with zero attached hydrogens (tertiary/aromatic N) is 1. The molecule has 0 fully saturated rings. The van der Waals surface area contributed by atoms with Crippen LogP contribution in [0, 0.1) is 11.3 Å². The van der Waals surface area contributed by atoms with E-state index in [2.05, 4.69) is 44.1 Å². The molecule has 2 heterocycles. The van der Waals surface area contributed by atoms with Crippen LogP contribution in [0.3, 0.4) is 0 Å². The summed E-state index contributed by atoms with van der Waals surface area (Å²) in [4.78, 5) is 5.39.